The fourth-order valence-electron chi connectivity index (χ4n) is 1.61. The Balaban J connectivity index is 2.55. The van der Waals surface area contributed by atoms with Gasteiger partial charge >= 0.3 is 5.97 Å². The molecule has 0 radical (unpaired) electrons. The summed E-state index contributed by atoms with van der Waals surface area (Å²) < 4.78 is 5.29. The van der Waals surface area contributed by atoms with Gasteiger partial charge in [0, 0.05) is 10.4 Å². The molecule has 0 unspecified atom stereocenters. The summed E-state index contributed by atoms with van der Waals surface area (Å²) in [6, 6.07) is 6.98. The zero-order valence-electron chi connectivity index (χ0n) is 9.39. The largest absolute Gasteiger partial charge is 0.485 e. The number of carboxylic acid groups (broad SMARTS) is 1. The van der Waals surface area contributed by atoms with Crippen LogP contribution in [0.3, 0.4) is 0 Å². The van der Waals surface area contributed by atoms with Gasteiger partial charge in [-0.2, -0.15) is 0 Å². The molecule has 0 saturated heterocycles. The number of carbonyl (C=O) groups is 1. The molecule has 0 fully saturated rings. The maximum Gasteiger partial charge on any atom is 0.340 e. The highest BCUT2D eigenvalue weighted by molar-refractivity contribution is 6.29. The van der Waals surface area contributed by atoms with E-state index < -0.39 is 5.97 Å². The number of benzene rings is 1. The highest BCUT2D eigenvalue weighted by atomic mass is 35.5. The third-order valence-electron chi connectivity index (χ3n) is 2.34. The van der Waals surface area contributed by atoms with Crippen molar-refractivity contribution in [1.29, 1.82) is 0 Å². The number of halogens is 1. The van der Waals surface area contributed by atoms with Crippen LogP contribution in [-0.4, -0.2) is 22.7 Å². The monoisotopic (exact) mass is 263 g/mol. The Labute approximate surface area is 108 Å². The standard InChI is InChI=1S/C13H10ClNO3/c1-8(14)7-18-11-6-15-10-5-3-2-4-9(10)12(11)13(16)17/h2-6H,1,7H2,(H,16,17). The first-order valence-electron chi connectivity index (χ1n) is 5.16. The summed E-state index contributed by atoms with van der Waals surface area (Å²) in [5.41, 5.74) is 0.686. The predicted molar refractivity (Wildman–Crippen MR) is 69.2 cm³/mol. The van der Waals surface area contributed by atoms with Gasteiger partial charge in [-0.3, -0.25) is 4.98 Å². The molecule has 0 atom stereocenters. The van der Waals surface area contributed by atoms with E-state index in [1.165, 1.54) is 6.20 Å². The lowest BCUT2D eigenvalue weighted by atomic mass is 10.1. The minimum absolute atomic E-state index is 0.0435. The van der Waals surface area contributed by atoms with Crippen LogP contribution in [0.15, 0.2) is 42.1 Å². The van der Waals surface area contributed by atoms with Gasteiger partial charge in [0.05, 0.1) is 11.7 Å². The molecule has 2 rings (SSSR count). The molecule has 0 spiro atoms. The third kappa shape index (κ3) is 2.43. The first kappa shape index (κ1) is 12.4. The van der Waals surface area contributed by atoms with E-state index in [1.54, 1.807) is 24.3 Å². The van der Waals surface area contributed by atoms with Gasteiger partial charge < -0.3 is 9.84 Å². The minimum Gasteiger partial charge on any atom is -0.485 e. The van der Waals surface area contributed by atoms with E-state index >= 15 is 0 Å². The van der Waals surface area contributed by atoms with Crippen molar-refractivity contribution in [2.24, 2.45) is 0 Å². The average Bonchev–Trinajstić information content (AvgIpc) is 2.35. The number of fused-ring (bicyclic) bond motifs is 1. The topological polar surface area (TPSA) is 59.4 Å². The van der Waals surface area contributed by atoms with Crippen LogP contribution in [-0.2, 0) is 0 Å². The summed E-state index contributed by atoms with van der Waals surface area (Å²) >= 11 is 5.59. The highest BCUT2D eigenvalue weighted by Crippen LogP contribution is 2.26. The molecule has 0 bridgehead atoms. The van der Waals surface area contributed by atoms with Crippen molar-refractivity contribution in [3.8, 4) is 5.75 Å². The van der Waals surface area contributed by atoms with Crippen LogP contribution in [0.1, 0.15) is 10.4 Å². The molecular formula is C13H10ClNO3. The molecule has 1 aromatic carbocycles. The highest BCUT2D eigenvalue weighted by Gasteiger charge is 2.16. The van der Waals surface area contributed by atoms with Gasteiger partial charge in [0.1, 0.15) is 12.2 Å². The fraction of sp³-hybridized carbons (Fsp3) is 0.0769. The van der Waals surface area contributed by atoms with Crippen molar-refractivity contribution in [2.75, 3.05) is 6.61 Å². The number of rotatable bonds is 4. The molecule has 0 saturated carbocycles. The van der Waals surface area contributed by atoms with Gasteiger partial charge in [-0.25, -0.2) is 4.79 Å². The van der Waals surface area contributed by atoms with Crippen LogP contribution in [0.5, 0.6) is 5.75 Å². The van der Waals surface area contributed by atoms with Crippen molar-refractivity contribution in [3.63, 3.8) is 0 Å². The number of nitrogens with zero attached hydrogens (tertiary/aromatic N) is 1. The van der Waals surface area contributed by atoms with Crippen LogP contribution in [0.2, 0.25) is 0 Å². The van der Waals surface area contributed by atoms with E-state index in [4.69, 9.17) is 16.3 Å². The molecule has 1 aromatic heterocycles. The number of carboxylic acids is 1. The molecule has 18 heavy (non-hydrogen) atoms. The Morgan fingerprint density at radius 3 is 2.83 bits per heavy atom. The van der Waals surface area contributed by atoms with Crippen LogP contribution in [0.4, 0.5) is 0 Å². The molecule has 1 N–H and O–H groups in total. The molecular weight excluding hydrogens is 254 g/mol. The van der Waals surface area contributed by atoms with Crippen molar-refractivity contribution in [1.82, 2.24) is 4.98 Å². The Hall–Kier alpha value is -2.07. The second-order valence-corrected chi connectivity index (χ2v) is 4.16. The third-order valence-corrected chi connectivity index (χ3v) is 2.45. The Kier molecular flexibility index (Phi) is 3.48. The second-order valence-electron chi connectivity index (χ2n) is 3.63. The summed E-state index contributed by atoms with van der Waals surface area (Å²) in [5.74, 6) is -0.883. The zero-order valence-corrected chi connectivity index (χ0v) is 10.1. The number of ether oxygens (including phenoxy) is 1. The molecule has 0 aliphatic rings. The quantitative estimate of drug-likeness (QED) is 0.921. The molecule has 0 aliphatic carbocycles. The zero-order chi connectivity index (χ0) is 13.1. The van der Waals surface area contributed by atoms with Crippen LogP contribution in [0, 0.1) is 0 Å². The minimum atomic E-state index is -1.07. The van der Waals surface area contributed by atoms with Gasteiger partial charge in [0.25, 0.3) is 0 Å². The second kappa shape index (κ2) is 5.06. The maximum atomic E-state index is 11.3. The maximum absolute atomic E-state index is 11.3. The fourth-order valence-corrected chi connectivity index (χ4v) is 1.66. The average molecular weight is 264 g/mol. The molecule has 5 heteroatoms. The van der Waals surface area contributed by atoms with Gasteiger partial charge in [-0.15, -0.1) is 0 Å². The Morgan fingerprint density at radius 2 is 2.17 bits per heavy atom. The number of aromatic nitrogens is 1. The first-order valence-corrected chi connectivity index (χ1v) is 5.54. The van der Waals surface area contributed by atoms with Gasteiger partial charge in [0.15, 0.2) is 5.75 Å². The number of pyridine rings is 1. The number of para-hydroxylation sites is 1. The predicted octanol–water partition coefficient (Wildman–Crippen LogP) is 3.06. The lowest BCUT2D eigenvalue weighted by Gasteiger charge is -2.10. The van der Waals surface area contributed by atoms with E-state index in [1.807, 2.05) is 0 Å². The Morgan fingerprint density at radius 1 is 1.44 bits per heavy atom. The van der Waals surface area contributed by atoms with Crippen molar-refractivity contribution < 1.29 is 14.6 Å². The van der Waals surface area contributed by atoms with E-state index in [2.05, 4.69) is 11.6 Å². The van der Waals surface area contributed by atoms with E-state index in [0.717, 1.165) is 0 Å². The molecule has 0 aliphatic heterocycles. The molecule has 92 valence electrons. The summed E-state index contributed by atoms with van der Waals surface area (Å²) in [5, 5.41) is 10.1. The van der Waals surface area contributed by atoms with Gasteiger partial charge in [-0.1, -0.05) is 36.4 Å². The number of aromatic carboxylic acids is 1. The van der Waals surface area contributed by atoms with E-state index in [0.29, 0.717) is 15.9 Å². The Bertz CT molecular complexity index is 625. The van der Waals surface area contributed by atoms with Crippen molar-refractivity contribution in [2.45, 2.75) is 0 Å². The van der Waals surface area contributed by atoms with Gasteiger partial charge in [0.2, 0.25) is 0 Å². The summed E-state index contributed by atoms with van der Waals surface area (Å²) in [6.45, 7) is 3.52. The van der Waals surface area contributed by atoms with E-state index in [-0.39, 0.29) is 17.9 Å². The SMILES string of the molecule is C=C(Cl)COc1cnc2ccccc2c1C(=O)O. The van der Waals surface area contributed by atoms with Crippen LogP contribution in [0.25, 0.3) is 10.9 Å². The van der Waals surface area contributed by atoms with Crippen LogP contribution < -0.4 is 4.74 Å². The van der Waals surface area contributed by atoms with E-state index in [9.17, 15) is 9.90 Å². The molecule has 4 nitrogen and oxygen atoms in total. The van der Waals surface area contributed by atoms with Crippen LogP contribution >= 0.6 is 11.6 Å². The van der Waals surface area contributed by atoms with Crippen molar-refractivity contribution >= 4 is 28.5 Å². The normalized spacial score (nSPS) is 10.3. The van der Waals surface area contributed by atoms with Gasteiger partial charge in [-0.05, 0) is 6.07 Å². The molecule has 0 amide bonds. The molecule has 2 aromatic rings. The smallest absolute Gasteiger partial charge is 0.340 e. The number of hydrogen-bond acceptors (Lipinski definition) is 3. The lowest BCUT2D eigenvalue weighted by Crippen LogP contribution is -2.06. The lowest BCUT2D eigenvalue weighted by molar-refractivity contribution is 0.0695. The molecule has 1 heterocycles. The summed E-state index contributed by atoms with van der Waals surface area (Å²) in [4.78, 5) is 15.5. The summed E-state index contributed by atoms with van der Waals surface area (Å²) in [7, 11) is 0. The summed E-state index contributed by atoms with van der Waals surface area (Å²) in [6.07, 6.45) is 1.38. The number of hydrogen-bond donors (Lipinski definition) is 1. The van der Waals surface area contributed by atoms with Crippen molar-refractivity contribution in [3.05, 3.63) is 47.6 Å². The first-order chi connectivity index (χ1) is 8.59.